The molecule has 13 heteroatoms. The van der Waals surface area contributed by atoms with Crippen molar-refractivity contribution < 1.29 is 23.8 Å². The first-order chi connectivity index (χ1) is 16.5. The van der Waals surface area contributed by atoms with Gasteiger partial charge in [-0.3, -0.25) is 19.5 Å². The molecule has 4 N–H and O–H groups in total. The summed E-state index contributed by atoms with van der Waals surface area (Å²) in [6.45, 7) is 0. The minimum atomic E-state index is -3.28. The third-order valence-electron chi connectivity index (χ3n) is 4.49. The summed E-state index contributed by atoms with van der Waals surface area (Å²) in [6.07, 6.45) is 1.37. The van der Waals surface area contributed by atoms with Crippen molar-refractivity contribution in [2.24, 2.45) is 0 Å². The molecule has 1 unspecified atom stereocenters. The fourth-order valence-electron chi connectivity index (χ4n) is 2.73. The van der Waals surface area contributed by atoms with Crippen molar-refractivity contribution in [3.05, 3.63) is 82.0 Å². The second-order valence-electron chi connectivity index (χ2n) is 7.09. The van der Waals surface area contributed by atoms with Gasteiger partial charge in [-0.05, 0) is 60.5 Å². The first kappa shape index (κ1) is 26.0. The van der Waals surface area contributed by atoms with Gasteiger partial charge in [0, 0.05) is 28.7 Å². The summed E-state index contributed by atoms with van der Waals surface area (Å²) >= 11 is 11.9. The number of rotatable bonds is 6. The molecule has 10 nitrogen and oxygen atoms in total. The molecule has 0 aliphatic rings. The lowest BCUT2D eigenvalue weighted by atomic mass is 10.1. The maximum Gasteiger partial charge on any atom is 0.352 e. The van der Waals surface area contributed by atoms with Crippen molar-refractivity contribution in [2.45, 2.75) is 4.90 Å². The smallest absolute Gasteiger partial charge is 0.321 e. The van der Waals surface area contributed by atoms with Crippen LogP contribution in [0.1, 0.15) is 20.7 Å². The van der Waals surface area contributed by atoms with Crippen LogP contribution < -0.4 is 15.4 Å². The maximum absolute atomic E-state index is 12.8. The average molecular weight is 536 g/mol. The van der Waals surface area contributed by atoms with E-state index in [0.717, 1.165) is 7.05 Å². The van der Waals surface area contributed by atoms with Crippen molar-refractivity contribution in [2.75, 3.05) is 17.7 Å². The molecule has 0 aliphatic carbocycles. The molecule has 0 radical (unpaired) electrons. The number of hydroxylamine groups is 2. The molecule has 4 amide bonds. The van der Waals surface area contributed by atoms with Crippen molar-refractivity contribution in [3.8, 4) is 0 Å². The van der Waals surface area contributed by atoms with E-state index in [1.807, 2.05) is 0 Å². The van der Waals surface area contributed by atoms with Crippen molar-refractivity contribution in [3.63, 3.8) is 0 Å². The van der Waals surface area contributed by atoms with Crippen LogP contribution in [0.15, 0.2) is 65.7 Å². The highest BCUT2D eigenvalue weighted by Gasteiger charge is 2.18. The quantitative estimate of drug-likeness (QED) is 0.214. The molecule has 1 heterocycles. The maximum atomic E-state index is 12.8. The van der Waals surface area contributed by atoms with E-state index >= 15 is 0 Å². The number of halogens is 2. The molecule has 3 aromatic rings. The minimum Gasteiger partial charge on any atom is -0.321 e. The average Bonchev–Trinajstić information content (AvgIpc) is 2.81. The molecule has 2 aromatic carbocycles. The number of pyridine rings is 1. The largest absolute Gasteiger partial charge is 0.352 e. The van der Waals surface area contributed by atoms with Crippen molar-refractivity contribution in [1.29, 1.82) is 0 Å². The van der Waals surface area contributed by atoms with Crippen LogP contribution in [-0.4, -0.2) is 50.2 Å². The Balaban J connectivity index is 1.78. The molecule has 0 bridgehead atoms. The number of benzene rings is 2. The van der Waals surface area contributed by atoms with E-state index in [2.05, 4.69) is 26.2 Å². The fraction of sp³-hybridized carbons (Fsp3) is 0.0455. The molecule has 0 aliphatic heterocycles. The van der Waals surface area contributed by atoms with E-state index in [9.17, 15) is 18.6 Å². The van der Waals surface area contributed by atoms with Crippen LogP contribution >= 0.6 is 23.2 Å². The molecule has 35 heavy (non-hydrogen) atoms. The second-order valence-corrected chi connectivity index (χ2v) is 9.99. The van der Waals surface area contributed by atoms with Gasteiger partial charge in [0.1, 0.15) is 5.82 Å². The zero-order valence-corrected chi connectivity index (χ0v) is 20.4. The monoisotopic (exact) mass is 535 g/mol. The molecule has 3 rings (SSSR count). The zero-order valence-electron chi connectivity index (χ0n) is 18.1. The van der Waals surface area contributed by atoms with Crippen LogP contribution in [0.25, 0.3) is 0 Å². The van der Waals surface area contributed by atoms with Gasteiger partial charge in [-0.15, -0.1) is 0 Å². The lowest BCUT2D eigenvalue weighted by Crippen LogP contribution is -2.38. The number of urea groups is 1. The molecule has 182 valence electrons. The van der Waals surface area contributed by atoms with Crippen LogP contribution in [0.4, 0.5) is 16.3 Å². The van der Waals surface area contributed by atoms with Gasteiger partial charge in [0.05, 0.1) is 26.0 Å². The minimum absolute atomic E-state index is 0.0934. The van der Waals surface area contributed by atoms with Crippen molar-refractivity contribution in [1.82, 2.24) is 14.8 Å². The van der Waals surface area contributed by atoms with Gasteiger partial charge in [0.15, 0.2) is 0 Å². The first-order valence-corrected chi connectivity index (χ1v) is 12.2. The fourth-order valence-corrected chi connectivity index (χ4v) is 4.13. The Morgan fingerprint density at radius 3 is 2.23 bits per heavy atom. The predicted molar refractivity (Wildman–Crippen MR) is 135 cm³/mol. The lowest BCUT2D eigenvalue weighted by molar-refractivity contribution is -0.0157. The number of amides is 4. The molecule has 0 spiro atoms. The van der Waals surface area contributed by atoms with Crippen LogP contribution in [-0.2, 0) is 9.71 Å². The summed E-state index contributed by atoms with van der Waals surface area (Å²) in [7, 11) is -2.21. The summed E-state index contributed by atoms with van der Waals surface area (Å²) in [5, 5.41) is 15.3. The number of hydrogen-bond donors (Lipinski definition) is 4. The summed E-state index contributed by atoms with van der Waals surface area (Å²) in [6, 6.07) is 11.9. The Labute approximate surface area is 211 Å². The van der Waals surface area contributed by atoms with Gasteiger partial charge in [0.2, 0.25) is 0 Å². The Morgan fingerprint density at radius 2 is 1.63 bits per heavy atom. The Kier molecular flexibility index (Phi) is 7.97. The number of nitrogens with one attached hydrogen (secondary N) is 3. The predicted octanol–water partition coefficient (Wildman–Crippen LogP) is 3.91. The van der Waals surface area contributed by atoms with Gasteiger partial charge >= 0.3 is 6.03 Å². The van der Waals surface area contributed by atoms with E-state index in [1.165, 1.54) is 54.7 Å². The van der Waals surface area contributed by atoms with E-state index < -0.39 is 27.6 Å². The summed E-state index contributed by atoms with van der Waals surface area (Å²) < 4.78 is 14.7. The van der Waals surface area contributed by atoms with Gasteiger partial charge in [-0.2, -0.15) is 0 Å². The van der Waals surface area contributed by atoms with E-state index in [1.54, 1.807) is 6.07 Å². The Morgan fingerprint density at radius 1 is 0.971 bits per heavy atom. The van der Waals surface area contributed by atoms with Crippen LogP contribution in [0.2, 0.25) is 10.0 Å². The molecule has 0 fully saturated rings. The Hall–Kier alpha value is -3.64. The molecular weight excluding hydrogens is 517 g/mol. The molecule has 0 saturated carbocycles. The summed E-state index contributed by atoms with van der Waals surface area (Å²) in [4.78, 5) is 41.3. The Bertz CT molecular complexity index is 1380. The van der Waals surface area contributed by atoms with Gasteiger partial charge in [-0.25, -0.2) is 19.1 Å². The standard InChI is InChI=1S/C22H19Cl2N5O5S/c1-29(33)22(32)28-35(2,34)16-7-3-13(4-8-16)20(30)26-18-9-5-14(23)11-17(18)21(31)27-19-10-6-15(24)12-25-19/h3-12,33H,2H2,1H3,(H,26,30)(H,25,27,31)(H,28,32,34). The van der Waals surface area contributed by atoms with E-state index in [-0.39, 0.29) is 37.6 Å². The van der Waals surface area contributed by atoms with E-state index in [0.29, 0.717) is 5.02 Å². The normalized spacial score (nSPS) is 12.2. The van der Waals surface area contributed by atoms with Crippen LogP contribution in [0.3, 0.4) is 0 Å². The molecular formula is C22H19Cl2N5O5S. The number of anilines is 2. The second kappa shape index (κ2) is 10.7. The molecule has 0 saturated heterocycles. The molecule has 1 aromatic heterocycles. The highest BCUT2D eigenvalue weighted by molar-refractivity contribution is 7.99. The lowest BCUT2D eigenvalue weighted by Gasteiger charge is -2.15. The third kappa shape index (κ3) is 6.70. The first-order valence-electron chi connectivity index (χ1n) is 9.72. The van der Waals surface area contributed by atoms with Crippen molar-refractivity contribution >= 4 is 68.1 Å². The third-order valence-corrected chi connectivity index (χ3v) is 6.48. The number of hydrogen-bond acceptors (Lipinski definition) is 6. The number of nitrogens with zero attached hydrogens (tertiary/aromatic N) is 2. The number of aromatic nitrogens is 1. The van der Waals surface area contributed by atoms with Gasteiger partial charge in [-0.1, -0.05) is 23.2 Å². The van der Waals surface area contributed by atoms with E-state index in [4.69, 9.17) is 28.4 Å². The summed E-state index contributed by atoms with van der Waals surface area (Å²) in [5.41, 5.74) is 0.459. The topological polar surface area (TPSA) is 141 Å². The SMILES string of the molecule is C=S(=O)(NC(=O)N(C)O)c1ccc(C(=O)Nc2ccc(Cl)cc2C(=O)Nc2ccc(Cl)cn2)cc1. The highest BCUT2D eigenvalue weighted by Crippen LogP contribution is 2.23. The zero-order chi connectivity index (χ0) is 25.8. The highest BCUT2D eigenvalue weighted by atomic mass is 35.5. The van der Waals surface area contributed by atoms with Crippen LogP contribution in [0, 0.1) is 0 Å². The summed E-state index contributed by atoms with van der Waals surface area (Å²) in [5.74, 6) is 2.60. The van der Waals surface area contributed by atoms with Gasteiger partial charge < -0.3 is 10.6 Å². The number of carbonyl (C=O) groups is 3. The number of carbonyl (C=O) groups excluding carboxylic acids is 3. The van der Waals surface area contributed by atoms with Crippen LogP contribution in [0.5, 0.6) is 0 Å². The molecule has 1 atom stereocenters. The van der Waals surface area contributed by atoms with Gasteiger partial charge in [0.25, 0.3) is 11.8 Å².